The number of sulfonamides is 1. The maximum Gasteiger partial charge on any atom is 0.251 e. The zero-order valence-electron chi connectivity index (χ0n) is 17.4. The first kappa shape index (κ1) is 22.2. The average Bonchev–Trinajstić information content (AvgIpc) is 2.75. The van der Waals surface area contributed by atoms with E-state index < -0.39 is 10.0 Å². The topological polar surface area (TPSA) is 97.4 Å². The van der Waals surface area contributed by atoms with Crippen molar-refractivity contribution in [3.63, 3.8) is 0 Å². The molecule has 1 heterocycles. The van der Waals surface area contributed by atoms with Crippen molar-refractivity contribution < 1.29 is 17.9 Å². The Labute approximate surface area is 178 Å². The molecule has 0 aliphatic heterocycles. The van der Waals surface area contributed by atoms with Gasteiger partial charge < -0.3 is 10.1 Å². The van der Waals surface area contributed by atoms with Gasteiger partial charge >= 0.3 is 0 Å². The summed E-state index contributed by atoms with van der Waals surface area (Å²) in [7, 11) is -2.40. The van der Waals surface area contributed by atoms with Crippen molar-refractivity contribution in [3.05, 3.63) is 53.9 Å². The first-order chi connectivity index (χ1) is 14.4. The van der Waals surface area contributed by atoms with Crippen LogP contribution >= 0.6 is 0 Å². The van der Waals surface area contributed by atoms with Crippen LogP contribution in [0.5, 0.6) is 5.75 Å². The molecule has 1 aromatic heterocycles. The number of methoxy groups -OCH3 is 1. The minimum Gasteiger partial charge on any atom is -0.495 e. The molecule has 7 nitrogen and oxygen atoms in total. The Balaban J connectivity index is 1.73. The second kappa shape index (κ2) is 10.0. The van der Waals surface area contributed by atoms with Crippen molar-refractivity contribution >= 4 is 15.9 Å². The van der Waals surface area contributed by atoms with E-state index in [2.05, 4.69) is 21.9 Å². The molecule has 2 N–H and O–H groups in total. The van der Waals surface area contributed by atoms with Gasteiger partial charge in [0.15, 0.2) is 0 Å². The van der Waals surface area contributed by atoms with E-state index in [1.807, 2.05) is 12.1 Å². The number of hydrogen-bond donors (Lipinski definition) is 2. The Hall–Kier alpha value is -2.45. The molecule has 1 amide bonds. The largest absolute Gasteiger partial charge is 0.495 e. The molecule has 1 aromatic carbocycles. The molecule has 2 unspecified atom stereocenters. The van der Waals surface area contributed by atoms with E-state index in [0.29, 0.717) is 13.0 Å². The van der Waals surface area contributed by atoms with E-state index in [1.54, 1.807) is 18.5 Å². The lowest BCUT2D eigenvalue weighted by molar-refractivity contribution is 0.0954. The molecule has 30 heavy (non-hydrogen) atoms. The monoisotopic (exact) mass is 431 g/mol. The highest BCUT2D eigenvalue weighted by Gasteiger charge is 2.29. The number of ether oxygens (including phenoxy) is 1. The van der Waals surface area contributed by atoms with Crippen LogP contribution in [0.3, 0.4) is 0 Å². The summed E-state index contributed by atoms with van der Waals surface area (Å²) in [4.78, 5) is 16.6. The quantitative estimate of drug-likeness (QED) is 0.670. The third-order valence-electron chi connectivity index (χ3n) is 5.56. The zero-order valence-corrected chi connectivity index (χ0v) is 18.2. The third-order valence-corrected chi connectivity index (χ3v) is 7.07. The standard InChI is InChI=1S/C22H29N3O4S/c1-16-6-3-4-8-19(16)25-30(27,28)21-14-18(9-10-20(21)29-2)22(26)24-13-11-17-7-5-12-23-15-17/h5,7,9-10,12,14-16,19,25H,3-4,6,8,11,13H2,1-2H3,(H,24,26). The lowest BCUT2D eigenvalue weighted by Crippen LogP contribution is -2.41. The van der Waals surface area contributed by atoms with Crippen LogP contribution in [0, 0.1) is 5.92 Å². The summed E-state index contributed by atoms with van der Waals surface area (Å²) in [6, 6.07) is 8.15. The van der Waals surface area contributed by atoms with Crippen LogP contribution in [0.1, 0.15) is 48.5 Å². The Morgan fingerprint density at radius 2 is 2.03 bits per heavy atom. The number of hydrogen-bond acceptors (Lipinski definition) is 5. The highest BCUT2D eigenvalue weighted by molar-refractivity contribution is 7.89. The lowest BCUT2D eigenvalue weighted by atomic mass is 9.87. The first-order valence-corrected chi connectivity index (χ1v) is 11.8. The summed E-state index contributed by atoms with van der Waals surface area (Å²) in [5.41, 5.74) is 1.29. The maximum atomic E-state index is 13.1. The van der Waals surface area contributed by atoms with Crippen molar-refractivity contribution in [3.8, 4) is 5.75 Å². The predicted molar refractivity (Wildman–Crippen MR) is 115 cm³/mol. The summed E-state index contributed by atoms with van der Waals surface area (Å²) in [5, 5.41) is 2.83. The van der Waals surface area contributed by atoms with Crippen LogP contribution in [-0.2, 0) is 16.4 Å². The van der Waals surface area contributed by atoms with Crippen molar-refractivity contribution in [2.24, 2.45) is 5.92 Å². The molecule has 1 aliphatic carbocycles. The fourth-order valence-electron chi connectivity index (χ4n) is 3.75. The van der Waals surface area contributed by atoms with Crippen LogP contribution in [0.25, 0.3) is 0 Å². The summed E-state index contributed by atoms with van der Waals surface area (Å²) in [6.45, 7) is 2.49. The molecule has 0 bridgehead atoms. The SMILES string of the molecule is COc1ccc(C(=O)NCCc2cccnc2)cc1S(=O)(=O)NC1CCCCC1C. The van der Waals surface area contributed by atoms with E-state index >= 15 is 0 Å². The van der Waals surface area contributed by atoms with E-state index in [0.717, 1.165) is 31.2 Å². The van der Waals surface area contributed by atoms with Crippen LogP contribution in [-0.4, -0.2) is 39.0 Å². The minimum absolute atomic E-state index is 0.0114. The summed E-state index contributed by atoms with van der Waals surface area (Å²) < 4.78 is 34.2. The van der Waals surface area contributed by atoms with Crippen molar-refractivity contribution in [2.75, 3.05) is 13.7 Å². The number of amides is 1. The van der Waals surface area contributed by atoms with Gasteiger partial charge in [0.1, 0.15) is 10.6 Å². The van der Waals surface area contributed by atoms with Crippen molar-refractivity contribution in [1.29, 1.82) is 0 Å². The van der Waals surface area contributed by atoms with Gasteiger partial charge in [0.25, 0.3) is 5.91 Å². The predicted octanol–water partition coefficient (Wildman–Crippen LogP) is 2.92. The smallest absolute Gasteiger partial charge is 0.251 e. The number of carbonyl (C=O) groups is 1. The van der Waals surface area contributed by atoms with Crippen LogP contribution < -0.4 is 14.8 Å². The number of carbonyl (C=O) groups excluding carboxylic acids is 1. The van der Waals surface area contributed by atoms with Gasteiger partial charge in [-0.15, -0.1) is 0 Å². The molecule has 0 radical (unpaired) electrons. The van der Waals surface area contributed by atoms with Gasteiger partial charge in [-0.1, -0.05) is 25.8 Å². The van der Waals surface area contributed by atoms with Gasteiger partial charge in [-0.2, -0.15) is 0 Å². The molecular formula is C22H29N3O4S. The number of benzene rings is 1. The second-order valence-electron chi connectivity index (χ2n) is 7.72. The third kappa shape index (κ3) is 5.58. The summed E-state index contributed by atoms with van der Waals surface area (Å²) in [6.07, 6.45) is 8.04. The fraction of sp³-hybridized carbons (Fsp3) is 0.455. The van der Waals surface area contributed by atoms with E-state index in [-0.39, 0.29) is 34.1 Å². The Morgan fingerprint density at radius 1 is 1.23 bits per heavy atom. The van der Waals surface area contributed by atoms with Gasteiger partial charge in [-0.3, -0.25) is 9.78 Å². The minimum atomic E-state index is -3.82. The fourth-order valence-corrected chi connectivity index (χ4v) is 5.32. The zero-order chi connectivity index (χ0) is 21.6. The van der Waals surface area contributed by atoms with Gasteiger partial charge in [0.2, 0.25) is 10.0 Å². The Morgan fingerprint density at radius 3 is 2.73 bits per heavy atom. The molecule has 2 atom stereocenters. The molecule has 1 saturated carbocycles. The van der Waals surface area contributed by atoms with Gasteiger partial charge in [-0.25, -0.2) is 13.1 Å². The van der Waals surface area contributed by atoms with Crippen molar-refractivity contribution in [2.45, 2.75) is 50.0 Å². The molecule has 8 heteroatoms. The van der Waals surface area contributed by atoms with Crippen LogP contribution in [0.15, 0.2) is 47.6 Å². The molecular weight excluding hydrogens is 402 g/mol. The Bertz CT molecular complexity index is 964. The maximum absolute atomic E-state index is 13.1. The molecule has 1 fully saturated rings. The highest BCUT2D eigenvalue weighted by Crippen LogP contribution is 2.29. The molecule has 0 saturated heterocycles. The molecule has 0 spiro atoms. The first-order valence-electron chi connectivity index (χ1n) is 10.3. The highest BCUT2D eigenvalue weighted by atomic mass is 32.2. The molecule has 2 aromatic rings. The van der Waals surface area contributed by atoms with E-state index in [1.165, 1.54) is 19.2 Å². The normalized spacial score (nSPS) is 19.3. The van der Waals surface area contributed by atoms with Crippen LogP contribution in [0.4, 0.5) is 0 Å². The number of nitrogens with one attached hydrogen (secondary N) is 2. The average molecular weight is 432 g/mol. The number of rotatable bonds is 8. The number of aromatic nitrogens is 1. The van der Waals surface area contributed by atoms with E-state index in [9.17, 15) is 13.2 Å². The van der Waals surface area contributed by atoms with Gasteiger partial charge in [0, 0.05) is 30.5 Å². The second-order valence-corrected chi connectivity index (χ2v) is 9.40. The van der Waals surface area contributed by atoms with Crippen molar-refractivity contribution in [1.82, 2.24) is 15.0 Å². The van der Waals surface area contributed by atoms with Gasteiger partial charge in [0.05, 0.1) is 7.11 Å². The van der Waals surface area contributed by atoms with Gasteiger partial charge in [-0.05, 0) is 55.0 Å². The molecule has 162 valence electrons. The van der Waals surface area contributed by atoms with E-state index in [4.69, 9.17) is 4.74 Å². The molecule has 3 rings (SSSR count). The molecule has 1 aliphatic rings. The number of nitrogens with zero attached hydrogens (tertiary/aromatic N) is 1. The Kier molecular flexibility index (Phi) is 7.44. The lowest BCUT2D eigenvalue weighted by Gasteiger charge is -2.29. The van der Waals surface area contributed by atoms with Crippen LogP contribution in [0.2, 0.25) is 0 Å². The summed E-state index contributed by atoms with van der Waals surface area (Å²) >= 11 is 0. The summed E-state index contributed by atoms with van der Waals surface area (Å²) in [5.74, 6) is 0.167. The number of pyridine rings is 1.